The minimum absolute atomic E-state index is 0.221. The van der Waals surface area contributed by atoms with E-state index in [0.29, 0.717) is 25.8 Å². The Kier molecular flexibility index (Phi) is 5.79. The monoisotopic (exact) mass is 271 g/mol. The summed E-state index contributed by atoms with van der Waals surface area (Å²) < 4.78 is 4.49. The topological polar surface area (TPSA) is 92.7 Å². The highest BCUT2D eigenvalue weighted by atomic mass is 16.5. The number of rotatable bonds is 6. The van der Waals surface area contributed by atoms with Crippen LogP contribution in [-0.2, 0) is 19.1 Å². The van der Waals surface area contributed by atoms with Crippen molar-refractivity contribution in [3.63, 3.8) is 0 Å². The molecule has 0 spiro atoms. The molecule has 1 saturated carbocycles. The number of hydrogen-bond donors (Lipinski definition) is 2. The number of carboxylic acids is 1. The first-order valence-electron chi connectivity index (χ1n) is 6.53. The lowest BCUT2D eigenvalue weighted by Gasteiger charge is -2.15. The molecule has 0 aromatic rings. The normalized spacial score (nSPS) is 25.9. The van der Waals surface area contributed by atoms with Crippen molar-refractivity contribution >= 4 is 17.8 Å². The van der Waals surface area contributed by atoms with Crippen LogP contribution in [0.3, 0.4) is 0 Å². The van der Waals surface area contributed by atoms with E-state index in [0.717, 1.165) is 0 Å². The minimum atomic E-state index is -0.904. The molecule has 0 aromatic carbocycles. The van der Waals surface area contributed by atoms with Crippen molar-refractivity contribution in [3.05, 3.63) is 0 Å². The standard InChI is InChI=1S/C13H21NO5/c1-8-6-9(10(7-8)13(17)18)12(16)14-5-3-4-11(15)19-2/h8-10H,3-7H2,1-2H3,(H,14,16)(H,17,18). The van der Waals surface area contributed by atoms with Crippen LogP contribution in [0.2, 0.25) is 0 Å². The number of carbonyl (C=O) groups excluding carboxylic acids is 2. The SMILES string of the molecule is COC(=O)CCCNC(=O)C1CC(C)CC1C(=O)O. The second kappa shape index (κ2) is 7.11. The molecule has 0 aliphatic heterocycles. The Morgan fingerprint density at radius 3 is 2.47 bits per heavy atom. The summed E-state index contributed by atoms with van der Waals surface area (Å²) in [5.74, 6) is -2.22. The molecule has 0 aromatic heterocycles. The molecule has 1 amide bonds. The lowest BCUT2D eigenvalue weighted by atomic mass is 9.95. The number of esters is 1. The lowest BCUT2D eigenvalue weighted by Crippen LogP contribution is -2.35. The summed E-state index contributed by atoms with van der Waals surface area (Å²) in [7, 11) is 1.32. The Balaban J connectivity index is 2.36. The highest BCUT2D eigenvalue weighted by Gasteiger charge is 2.40. The molecule has 0 heterocycles. The van der Waals surface area contributed by atoms with Crippen LogP contribution in [0.4, 0.5) is 0 Å². The van der Waals surface area contributed by atoms with Crippen molar-refractivity contribution in [1.82, 2.24) is 5.32 Å². The van der Waals surface area contributed by atoms with E-state index in [2.05, 4.69) is 10.1 Å². The molecule has 0 saturated heterocycles. The molecule has 1 rings (SSSR count). The molecule has 1 aliphatic rings. The third-order valence-corrected chi connectivity index (χ3v) is 3.54. The second-order valence-electron chi connectivity index (χ2n) is 5.10. The molecule has 0 bridgehead atoms. The number of aliphatic carboxylic acids is 1. The molecule has 1 fully saturated rings. The van der Waals surface area contributed by atoms with Gasteiger partial charge in [-0.2, -0.15) is 0 Å². The Morgan fingerprint density at radius 1 is 1.26 bits per heavy atom. The van der Waals surface area contributed by atoms with E-state index in [4.69, 9.17) is 5.11 Å². The highest BCUT2D eigenvalue weighted by Crippen LogP contribution is 2.36. The van der Waals surface area contributed by atoms with E-state index in [9.17, 15) is 14.4 Å². The molecular formula is C13H21NO5. The van der Waals surface area contributed by atoms with Gasteiger partial charge in [0.15, 0.2) is 0 Å². The largest absolute Gasteiger partial charge is 0.481 e. The van der Waals surface area contributed by atoms with E-state index in [-0.39, 0.29) is 24.2 Å². The highest BCUT2D eigenvalue weighted by molar-refractivity contribution is 5.85. The van der Waals surface area contributed by atoms with Crippen molar-refractivity contribution in [1.29, 1.82) is 0 Å². The maximum Gasteiger partial charge on any atom is 0.307 e. The van der Waals surface area contributed by atoms with Crippen molar-refractivity contribution in [3.8, 4) is 0 Å². The fraction of sp³-hybridized carbons (Fsp3) is 0.769. The first-order chi connectivity index (χ1) is 8.95. The molecule has 108 valence electrons. The zero-order valence-corrected chi connectivity index (χ0v) is 11.3. The fourth-order valence-electron chi connectivity index (χ4n) is 2.53. The average molecular weight is 271 g/mol. The summed E-state index contributed by atoms with van der Waals surface area (Å²) in [6, 6.07) is 0. The molecule has 3 atom stereocenters. The van der Waals surface area contributed by atoms with Gasteiger partial charge in [0.2, 0.25) is 5.91 Å². The summed E-state index contributed by atoms with van der Waals surface area (Å²) in [6.07, 6.45) is 1.91. The predicted octanol–water partition coefficient (Wildman–Crippen LogP) is 0.803. The maximum atomic E-state index is 11.9. The maximum absolute atomic E-state index is 11.9. The molecule has 6 nitrogen and oxygen atoms in total. The first-order valence-corrected chi connectivity index (χ1v) is 6.53. The van der Waals surface area contributed by atoms with E-state index in [1.165, 1.54) is 7.11 Å². The Morgan fingerprint density at radius 2 is 1.89 bits per heavy atom. The van der Waals surface area contributed by atoms with Crippen LogP contribution in [0.15, 0.2) is 0 Å². The van der Waals surface area contributed by atoms with E-state index >= 15 is 0 Å². The molecule has 0 radical (unpaired) electrons. The van der Waals surface area contributed by atoms with Crippen LogP contribution in [0.5, 0.6) is 0 Å². The van der Waals surface area contributed by atoms with E-state index < -0.39 is 17.8 Å². The molecule has 19 heavy (non-hydrogen) atoms. The van der Waals surface area contributed by atoms with Gasteiger partial charge in [-0.25, -0.2) is 0 Å². The van der Waals surface area contributed by atoms with E-state index in [1.54, 1.807) is 0 Å². The third kappa shape index (κ3) is 4.54. The Labute approximate surface area is 112 Å². The van der Waals surface area contributed by atoms with Gasteiger partial charge in [-0.1, -0.05) is 6.92 Å². The zero-order chi connectivity index (χ0) is 14.4. The van der Waals surface area contributed by atoms with E-state index in [1.807, 2.05) is 6.92 Å². The van der Waals surface area contributed by atoms with Crippen LogP contribution < -0.4 is 5.32 Å². The minimum Gasteiger partial charge on any atom is -0.481 e. The van der Waals surface area contributed by atoms with Crippen molar-refractivity contribution in [2.75, 3.05) is 13.7 Å². The second-order valence-corrected chi connectivity index (χ2v) is 5.10. The summed E-state index contributed by atoms with van der Waals surface area (Å²) in [5, 5.41) is 11.8. The number of ether oxygens (including phenoxy) is 1. The quantitative estimate of drug-likeness (QED) is 0.550. The molecule has 6 heteroatoms. The number of amides is 1. The lowest BCUT2D eigenvalue weighted by molar-refractivity contribution is -0.146. The number of carbonyl (C=O) groups is 3. The summed E-state index contributed by atoms with van der Waals surface area (Å²) in [4.78, 5) is 33.9. The zero-order valence-electron chi connectivity index (χ0n) is 11.3. The van der Waals surface area contributed by atoms with Gasteiger partial charge in [0, 0.05) is 13.0 Å². The van der Waals surface area contributed by atoms with Crippen LogP contribution in [0.25, 0.3) is 0 Å². The number of hydrogen-bond acceptors (Lipinski definition) is 4. The van der Waals surface area contributed by atoms with Crippen LogP contribution in [0.1, 0.15) is 32.6 Å². The van der Waals surface area contributed by atoms with Gasteiger partial charge in [-0.3, -0.25) is 14.4 Å². The Bertz CT molecular complexity index is 355. The number of carboxylic acid groups (broad SMARTS) is 1. The average Bonchev–Trinajstić information content (AvgIpc) is 2.76. The first kappa shape index (κ1) is 15.5. The van der Waals surface area contributed by atoms with Crippen LogP contribution >= 0.6 is 0 Å². The fourth-order valence-corrected chi connectivity index (χ4v) is 2.53. The predicted molar refractivity (Wildman–Crippen MR) is 67.3 cm³/mol. The summed E-state index contributed by atoms with van der Waals surface area (Å²) in [6.45, 7) is 2.33. The summed E-state index contributed by atoms with van der Waals surface area (Å²) >= 11 is 0. The van der Waals surface area contributed by atoms with Crippen molar-refractivity contribution in [2.24, 2.45) is 17.8 Å². The Hall–Kier alpha value is -1.59. The van der Waals surface area contributed by atoms with Gasteiger partial charge in [0.05, 0.1) is 18.9 Å². The number of nitrogens with one attached hydrogen (secondary N) is 1. The molecule has 3 unspecified atom stereocenters. The molecule has 1 aliphatic carbocycles. The molecule has 2 N–H and O–H groups in total. The van der Waals surface area contributed by atoms with Crippen LogP contribution in [-0.4, -0.2) is 36.6 Å². The van der Waals surface area contributed by atoms with Crippen molar-refractivity contribution in [2.45, 2.75) is 32.6 Å². The molecular weight excluding hydrogens is 250 g/mol. The van der Waals surface area contributed by atoms with Gasteiger partial charge in [0.25, 0.3) is 0 Å². The van der Waals surface area contributed by atoms with Crippen LogP contribution in [0, 0.1) is 17.8 Å². The van der Waals surface area contributed by atoms with Gasteiger partial charge >= 0.3 is 11.9 Å². The van der Waals surface area contributed by atoms with Gasteiger partial charge < -0.3 is 15.2 Å². The summed E-state index contributed by atoms with van der Waals surface area (Å²) in [5.41, 5.74) is 0. The van der Waals surface area contributed by atoms with Gasteiger partial charge in [-0.15, -0.1) is 0 Å². The third-order valence-electron chi connectivity index (χ3n) is 3.54. The van der Waals surface area contributed by atoms with Gasteiger partial charge in [0.1, 0.15) is 0 Å². The number of methoxy groups -OCH3 is 1. The van der Waals surface area contributed by atoms with Gasteiger partial charge in [-0.05, 0) is 25.2 Å². The smallest absolute Gasteiger partial charge is 0.307 e. The van der Waals surface area contributed by atoms with Crippen molar-refractivity contribution < 1.29 is 24.2 Å².